The average molecular weight is 737 g/mol. The predicted molar refractivity (Wildman–Crippen MR) is 233 cm³/mol. The second kappa shape index (κ2) is 12.4. The minimum Gasteiger partial charge on any atom is -0.340 e. The monoisotopic (exact) mass is 736 g/mol. The molecule has 0 amide bonds. The number of hydrogen-bond acceptors (Lipinski definition) is 3. The molecule has 0 saturated heterocycles. The smallest absolute Gasteiger partial charge is 0.163 e. The van der Waals surface area contributed by atoms with Crippen LogP contribution in [0.4, 0.5) is 0 Å². The van der Waals surface area contributed by atoms with Gasteiger partial charge in [-0.1, -0.05) is 109 Å². The molecule has 0 bridgehead atoms. The summed E-state index contributed by atoms with van der Waals surface area (Å²) in [5.74, 6) is 3.02. The summed E-state index contributed by atoms with van der Waals surface area (Å²) >= 11 is 0. The lowest BCUT2D eigenvalue weighted by molar-refractivity contribution is 0.554. The van der Waals surface area contributed by atoms with Crippen molar-refractivity contribution in [1.29, 1.82) is 0 Å². The molecule has 0 fully saturated rings. The molecule has 4 unspecified atom stereocenters. The van der Waals surface area contributed by atoms with Crippen LogP contribution in [0.1, 0.15) is 48.8 Å². The van der Waals surface area contributed by atoms with Crippen LogP contribution < -0.4 is 0 Å². The van der Waals surface area contributed by atoms with Crippen LogP contribution in [0.2, 0.25) is 0 Å². The van der Waals surface area contributed by atoms with E-state index in [0.29, 0.717) is 29.5 Å². The molecule has 4 heterocycles. The molecule has 4 aliphatic rings. The number of aromatic nitrogens is 6. The lowest BCUT2D eigenvalue weighted by atomic mass is 9.83. The quantitative estimate of drug-likeness (QED) is 0.191. The molecule has 6 heteroatoms. The Morgan fingerprint density at radius 3 is 2.25 bits per heavy atom. The van der Waals surface area contributed by atoms with Crippen LogP contribution in [0.3, 0.4) is 0 Å². The number of hydrogen-bond donors (Lipinski definition) is 1. The molecule has 4 aliphatic carbocycles. The van der Waals surface area contributed by atoms with Gasteiger partial charge >= 0.3 is 0 Å². The Balaban J connectivity index is 1.07. The van der Waals surface area contributed by atoms with Gasteiger partial charge in [-0.05, 0) is 92.3 Å². The Kier molecular flexibility index (Phi) is 7.04. The molecule has 6 nitrogen and oxygen atoms in total. The van der Waals surface area contributed by atoms with Crippen molar-refractivity contribution in [2.75, 3.05) is 0 Å². The van der Waals surface area contributed by atoms with Gasteiger partial charge < -0.3 is 9.55 Å². The van der Waals surface area contributed by atoms with Crippen LogP contribution in [-0.4, -0.2) is 29.1 Å². The van der Waals surface area contributed by atoms with Gasteiger partial charge in [-0.15, -0.1) is 0 Å². The van der Waals surface area contributed by atoms with Crippen molar-refractivity contribution in [2.24, 2.45) is 5.92 Å². The van der Waals surface area contributed by atoms with Gasteiger partial charge in [0.1, 0.15) is 11.5 Å². The maximum Gasteiger partial charge on any atom is 0.163 e. The van der Waals surface area contributed by atoms with Gasteiger partial charge in [0, 0.05) is 66.4 Å². The molecule has 4 atom stereocenters. The number of aromatic amines is 1. The van der Waals surface area contributed by atoms with E-state index >= 15 is 0 Å². The third-order valence-corrected chi connectivity index (χ3v) is 12.8. The van der Waals surface area contributed by atoms with Crippen molar-refractivity contribution >= 4 is 43.7 Å². The van der Waals surface area contributed by atoms with Gasteiger partial charge in [0.05, 0.1) is 11.6 Å². The number of para-hydroxylation sites is 2. The number of rotatable bonds is 5. The van der Waals surface area contributed by atoms with Gasteiger partial charge in [-0.3, -0.25) is 4.57 Å². The first-order chi connectivity index (χ1) is 28.1. The molecule has 0 radical (unpaired) electrons. The third kappa shape index (κ3) is 4.93. The lowest BCUT2D eigenvalue weighted by Gasteiger charge is -2.25. The van der Waals surface area contributed by atoms with Crippen LogP contribution in [-0.2, 0) is 11.8 Å². The van der Waals surface area contributed by atoms with Gasteiger partial charge in [-0.25, -0.2) is 15.0 Å². The summed E-state index contributed by atoms with van der Waals surface area (Å²) in [7, 11) is 0. The highest BCUT2D eigenvalue weighted by Crippen LogP contribution is 2.49. The molecule has 8 aromatic rings. The third-order valence-electron chi connectivity index (χ3n) is 12.8. The molecule has 0 aliphatic heterocycles. The van der Waals surface area contributed by atoms with Crippen molar-refractivity contribution < 1.29 is 0 Å². The van der Waals surface area contributed by atoms with Crippen molar-refractivity contribution in [3.63, 3.8) is 0 Å². The van der Waals surface area contributed by atoms with Gasteiger partial charge in [0.2, 0.25) is 0 Å². The molecular formula is C51H40N6. The van der Waals surface area contributed by atoms with E-state index in [1.807, 2.05) is 0 Å². The molecule has 57 heavy (non-hydrogen) atoms. The SMILES string of the molecule is CC1(c2nc(-c3ccc4c(c3)c3c(n4C4C=CC=CC4)CC4C=CC=CC34)nc(-c3ccc4c(c3)c3c5ccccc5[nH]c3n4-c3ccccc3)n2)C=CC=CC1. The van der Waals surface area contributed by atoms with E-state index in [4.69, 9.17) is 15.0 Å². The lowest BCUT2D eigenvalue weighted by Crippen LogP contribution is -2.24. The fraction of sp³-hybridized carbons (Fsp3) is 0.157. The minimum atomic E-state index is -0.367. The van der Waals surface area contributed by atoms with Crippen molar-refractivity contribution in [3.05, 3.63) is 181 Å². The minimum absolute atomic E-state index is 0.303. The number of nitrogens with one attached hydrogen (secondary N) is 1. The van der Waals surface area contributed by atoms with Crippen molar-refractivity contribution in [3.8, 4) is 28.5 Å². The van der Waals surface area contributed by atoms with Crippen LogP contribution >= 0.6 is 0 Å². The first-order valence-corrected chi connectivity index (χ1v) is 20.2. The van der Waals surface area contributed by atoms with Crippen molar-refractivity contribution in [1.82, 2.24) is 29.1 Å². The van der Waals surface area contributed by atoms with E-state index in [1.54, 1.807) is 0 Å². The fourth-order valence-electron chi connectivity index (χ4n) is 10.0. The summed E-state index contributed by atoms with van der Waals surface area (Å²) in [5, 5.41) is 4.86. The summed E-state index contributed by atoms with van der Waals surface area (Å²) in [6, 6.07) is 33.1. The van der Waals surface area contributed by atoms with E-state index in [0.717, 1.165) is 64.0 Å². The molecule has 274 valence electrons. The largest absolute Gasteiger partial charge is 0.340 e. The van der Waals surface area contributed by atoms with Gasteiger partial charge in [0.25, 0.3) is 0 Å². The number of fused-ring (bicyclic) bond motifs is 10. The van der Waals surface area contributed by atoms with E-state index in [-0.39, 0.29) is 5.41 Å². The summed E-state index contributed by atoms with van der Waals surface area (Å²) in [6.45, 7) is 2.24. The predicted octanol–water partition coefficient (Wildman–Crippen LogP) is 12.0. The topological polar surface area (TPSA) is 64.3 Å². The van der Waals surface area contributed by atoms with Crippen LogP contribution in [0, 0.1) is 5.92 Å². The Hall–Kier alpha value is -6.79. The molecule has 1 N–H and O–H groups in total. The number of nitrogens with zero attached hydrogens (tertiary/aromatic N) is 5. The van der Waals surface area contributed by atoms with Crippen LogP contribution in [0.5, 0.6) is 0 Å². The molecule has 4 aromatic heterocycles. The molecule has 0 spiro atoms. The second-order valence-corrected chi connectivity index (χ2v) is 16.3. The Labute approximate surface area is 330 Å². The normalized spacial score (nSPS) is 22.1. The zero-order valence-corrected chi connectivity index (χ0v) is 31.7. The second-order valence-electron chi connectivity index (χ2n) is 16.3. The summed E-state index contributed by atoms with van der Waals surface area (Å²) in [5.41, 5.74) is 10.3. The molecule has 4 aromatic carbocycles. The number of allylic oxidation sites excluding steroid dienone is 12. The number of benzene rings is 4. The standard InChI is InChI=1S/C51H40N6/c1-51(27-13-4-14-28-51)50-54-47(33-23-25-42-39(29-33)45-37-20-10-9-15-32(37)31-44(45)56(42)35-16-5-2-6-17-35)53-48(55-50)34-24-26-43-40(30-34)46-38-21-11-12-22-41(38)52-49(46)57(43)36-18-7-3-8-19-36/h2-16,18-27,29-30,32,35,37,52H,17,28,31H2,1H3. The Bertz CT molecular complexity index is 3140. The fourth-order valence-corrected chi connectivity index (χ4v) is 10.0. The Morgan fingerprint density at radius 2 is 1.44 bits per heavy atom. The maximum absolute atomic E-state index is 5.35. The van der Waals surface area contributed by atoms with E-state index < -0.39 is 0 Å². The highest BCUT2D eigenvalue weighted by molar-refractivity contribution is 6.21. The van der Waals surface area contributed by atoms with Crippen LogP contribution in [0.15, 0.2) is 164 Å². The maximum atomic E-state index is 5.35. The molecule has 0 saturated carbocycles. The summed E-state index contributed by atoms with van der Waals surface area (Å²) in [4.78, 5) is 19.7. The molecule has 12 rings (SSSR count). The first kappa shape index (κ1) is 32.5. The van der Waals surface area contributed by atoms with E-state index in [9.17, 15) is 0 Å². The highest BCUT2D eigenvalue weighted by Gasteiger charge is 2.37. The van der Waals surface area contributed by atoms with Gasteiger partial charge in [-0.2, -0.15) is 0 Å². The Morgan fingerprint density at radius 1 is 0.684 bits per heavy atom. The summed E-state index contributed by atoms with van der Waals surface area (Å²) < 4.78 is 4.95. The van der Waals surface area contributed by atoms with Crippen molar-refractivity contribution in [2.45, 2.75) is 43.6 Å². The first-order valence-electron chi connectivity index (χ1n) is 20.2. The van der Waals surface area contributed by atoms with Crippen LogP contribution in [0.25, 0.3) is 72.2 Å². The number of H-pyrrole nitrogens is 1. The van der Waals surface area contributed by atoms with Gasteiger partial charge in [0.15, 0.2) is 11.6 Å². The summed E-state index contributed by atoms with van der Waals surface area (Å²) in [6.07, 6.45) is 29.8. The van der Waals surface area contributed by atoms with E-state index in [1.165, 1.54) is 32.9 Å². The molecular weight excluding hydrogens is 697 g/mol. The highest BCUT2D eigenvalue weighted by atomic mass is 15.1. The zero-order valence-electron chi connectivity index (χ0n) is 31.7. The van der Waals surface area contributed by atoms with E-state index in [2.05, 4.69) is 185 Å². The zero-order chi connectivity index (χ0) is 37.7. The average Bonchev–Trinajstić information content (AvgIpc) is 4.00.